The number of aliphatic hydroxyl groups is 1. The lowest BCUT2D eigenvalue weighted by atomic mass is 10.00. The van der Waals surface area contributed by atoms with Crippen LogP contribution >= 0.6 is 0 Å². The second-order valence-electron chi connectivity index (χ2n) is 5.04. The van der Waals surface area contributed by atoms with E-state index in [1.165, 1.54) is 8.61 Å². The van der Waals surface area contributed by atoms with Crippen LogP contribution in [-0.2, 0) is 14.9 Å². The molecule has 1 aliphatic rings. The smallest absolute Gasteiger partial charge is 0.282 e. The standard InChI is InChI=1S/C12H26N2O4S/c1-4-14(11(2)10-18-3)19(16,17)13-7-5-12(9-15)6-8-13/h11-12,15H,4-10H2,1-3H3. The average Bonchev–Trinajstić information content (AvgIpc) is 2.39. The van der Waals surface area contributed by atoms with E-state index in [4.69, 9.17) is 9.84 Å². The van der Waals surface area contributed by atoms with E-state index < -0.39 is 10.2 Å². The van der Waals surface area contributed by atoms with Crippen molar-refractivity contribution in [3.8, 4) is 0 Å². The molecule has 1 unspecified atom stereocenters. The van der Waals surface area contributed by atoms with Crippen molar-refractivity contribution in [1.82, 2.24) is 8.61 Å². The Balaban J connectivity index is 2.73. The molecule has 19 heavy (non-hydrogen) atoms. The van der Waals surface area contributed by atoms with Crippen LogP contribution in [0.3, 0.4) is 0 Å². The monoisotopic (exact) mass is 294 g/mol. The molecule has 1 rings (SSSR count). The van der Waals surface area contributed by atoms with Gasteiger partial charge in [-0.25, -0.2) is 0 Å². The van der Waals surface area contributed by atoms with Crippen molar-refractivity contribution in [2.24, 2.45) is 5.92 Å². The van der Waals surface area contributed by atoms with Gasteiger partial charge in [-0.05, 0) is 25.7 Å². The lowest BCUT2D eigenvalue weighted by Gasteiger charge is -2.36. The fourth-order valence-electron chi connectivity index (χ4n) is 2.50. The molecule has 1 atom stereocenters. The summed E-state index contributed by atoms with van der Waals surface area (Å²) < 4.78 is 33.2. The quantitative estimate of drug-likeness (QED) is 0.733. The highest BCUT2D eigenvalue weighted by molar-refractivity contribution is 7.86. The number of rotatable bonds is 7. The van der Waals surface area contributed by atoms with Gasteiger partial charge in [-0.15, -0.1) is 0 Å². The predicted octanol–water partition coefficient (Wildman–Crippen LogP) is 0.292. The van der Waals surface area contributed by atoms with Crippen molar-refractivity contribution >= 4 is 10.2 Å². The van der Waals surface area contributed by atoms with Crippen LogP contribution in [0, 0.1) is 5.92 Å². The van der Waals surface area contributed by atoms with Gasteiger partial charge in [0, 0.05) is 39.4 Å². The Morgan fingerprint density at radius 1 is 1.42 bits per heavy atom. The molecule has 0 bridgehead atoms. The molecular formula is C12H26N2O4S. The fourth-order valence-corrected chi connectivity index (χ4v) is 4.31. The minimum Gasteiger partial charge on any atom is -0.396 e. The van der Waals surface area contributed by atoms with Gasteiger partial charge in [0.25, 0.3) is 10.2 Å². The third kappa shape index (κ3) is 4.13. The van der Waals surface area contributed by atoms with Gasteiger partial charge in [-0.1, -0.05) is 6.92 Å². The molecule has 6 nitrogen and oxygen atoms in total. The Morgan fingerprint density at radius 2 is 2.00 bits per heavy atom. The summed E-state index contributed by atoms with van der Waals surface area (Å²) >= 11 is 0. The van der Waals surface area contributed by atoms with Gasteiger partial charge >= 0.3 is 0 Å². The highest BCUT2D eigenvalue weighted by Crippen LogP contribution is 2.22. The molecule has 0 aromatic carbocycles. The molecule has 0 spiro atoms. The second-order valence-corrected chi connectivity index (χ2v) is 6.92. The Morgan fingerprint density at radius 3 is 2.42 bits per heavy atom. The molecule has 1 saturated heterocycles. The van der Waals surface area contributed by atoms with Gasteiger partial charge in [0.2, 0.25) is 0 Å². The maximum atomic E-state index is 12.6. The Kier molecular flexibility index (Phi) is 6.68. The van der Waals surface area contributed by atoms with Crippen molar-refractivity contribution in [3.05, 3.63) is 0 Å². The molecule has 0 aromatic rings. The van der Waals surface area contributed by atoms with E-state index in [9.17, 15) is 8.42 Å². The van der Waals surface area contributed by atoms with Crippen molar-refractivity contribution in [3.63, 3.8) is 0 Å². The van der Waals surface area contributed by atoms with Gasteiger partial charge in [0.05, 0.1) is 6.61 Å². The van der Waals surface area contributed by atoms with E-state index in [-0.39, 0.29) is 18.6 Å². The van der Waals surface area contributed by atoms with E-state index in [0.29, 0.717) is 26.2 Å². The summed E-state index contributed by atoms with van der Waals surface area (Å²) in [5.74, 6) is 0.234. The highest BCUT2D eigenvalue weighted by atomic mass is 32.2. The van der Waals surface area contributed by atoms with Gasteiger partial charge in [0.1, 0.15) is 0 Å². The van der Waals surface area contributed by atoms with Crippen molar-refractivity contribution in [2.75, 3.05) is 40.0 Å². The summed E-state index contributed by atoms with van der Waals surface area (Å²) in [6.07, 6.45) is 1.46. The van der Waals surface area contributed by atoms with Crippen LogP contribution in [0.1, 0.15) is 26.7 Å². The third-order valence-electron chi connectivity index (χ3n) is 3.67. The molecule has 1 fully saturated rings. The van der Waals surface area contributed by atoms with Gasteiger partial charge in [-0.2, -0.15) is 17.0 Å². The normalized spacial score (nSPS) is 20.9. The maximum absolute atomic E-state index is 12.6. The zero-order valence-corrected chi connectivity index (χ0v) is 12.9. The minimum atomic E-state index is -3.42. The summed E-state index contributed by atoms with van der Waals surface area (Å²) in [7, 11) is -1.85. The number of methoxy groups -OCH3 is 1. The van der Waals surface area contributed by atoms with Gasteiger partial charge in [-0.3, -0.25) is 0 Å². The topological polar surface area (TPSA) is 70.1 Å². The van der Waals surface area contributed by atoms with Gasteiger partial charge < -0.3 is 9.84 Å². The third-order valence-corrected chi connectivity index (χ3v) is 5.89. The highest BCUT2D eigenvalue weighted by Gasteiger charge is 2.34. The first kappa shape index (κ1) is 16.8. The van der Waals surface area contributed by atoms with E-state index in [2.05, 4.69) is 0 Å². The van der Waals surface area contributed by atoms with Crippen LogP contribution < -0.4 is 0 Å². The molecule has 1 N–H and O–H groups in total. The molecule has 0 saturated carbocycles. The number of aliphatic hydroxyl groups excluding tert-OH is 1. The zero-order valence-electron chi connectivity index (χ0n) is 12.1. The summed E-state index contributed by atoms with van der Waals surface area (Å²) in [5, 5.41) is 9.10. The number of hydrogen-bond donors (Lipinski definition) is 1. The summed E-state index contributed by atoms with van der Waals surface area (Å²) in [6.45, 7) is 5.64. The first-order chi connectivity index (χ1) is 8.97. The SMILES string of the molecule is CCN(C(C)COC)S(=O)(=O)N1CCC(CO)CC1. The molecule has 0 radical (unpaired) electrons. The number of ether oxygens (including phenoxy) is 1. The summed E-state index contributed by atoms with van der Waals surface area (Å²) in [5.41, 5.74) is 0. The van der Waals surface area contributed by atoms with E-state index in [1.54, 1.807) is 7.11 Å². The molecule has 114 valence electrons. The van der Waals surface area contributed by atoms with Crippen molar-refractivity contribution in [2.45, 2.75) is 32.7 Å². The molecule has 7 heteroatoms. The van der Waals surface area contributed by atoms with Crippen molar-refractivity contribution in [1.29, 1.82) is 0 Å². The second kappa shape index (κ2) is 7.54. The number of likely N-dealkylation sites (N-methyl/N-ethyl adjacent to an activating group) is 1. The zero-order chi connectivity index (χ0) is 14.5. The van der Waals surface area contributed by atoms with Crippen LogP contribution in [0.15, 0.2) is 0 Å². The maximum Gasteiger partial charge on any atom is 0.282 e. The fraction of sp³-hybridized carbons (Fsp3) is 1.00. The van der Waals surface area contributed by atoms with E-state index in [1.807, 2.05) is 13.8 Å². The van der Waals surface area contributed by atoms with Crippen LogP contribution in [-0.4, -0.2) is 68.1 Å². The van der Waals surface area contributed by atoms with Crippen LogP contribution in [0.4, 0.5) is 0 Å². The average molecular weight is 294 g/mol. The Bertz CT molecular complexity index is 353. The number of piperidine rings is 1. The number of nitrogens with zero attached hydrogens (tertiary/aromatic N) is 2. The molecule has 1 heterocycles. The Labute approximate surface area is 116 Å². The number of hydrogen-bond acceptors (Lipinski definition) is 4. The van der Waals surface area contributed by atoms with E-state index >= 15 is 0 Å². The molecule has 0 aliphatic carbocycles. The molecular weight excluding hydrogens is 268 g/mol. The van der Waals surface area contributed by atoms with Crippen LogP contribution in [0.5, 0.6) is 0 Å². The van der Waals surface area contributed by atoms with E-state index in [0.717, 1.165) is 12.8 Å². The van der Waals surface area contributed by atoms with Crippen LogP contribution in [0.2, 0.25) is 0 Å². The summed E-state index contributed by atoms with van der Waals surface area (Å²) in [6, 6.07) is -0.171. The molecule has 1 aliphatic heterocycles. The Hall–Kier alpha value is -0.210. The van der Waals surface area contributed by atoms with Crippen LogP contribution in [0.25, 0.3) is 0 Å². The largest absolute Gasteiger partial charge is 0.396 e. The first-order valence-corrected chi connectivity index (χ1v) is 8.23. The lowest BCUT2D eigenvalue weighted by molar-refractivity contribution is 0.133. The lowest BCUT2D eigenvalue weighted by Crippen LogP contribution is -2.51. The minimum absolute atomic E-state index is 0.144. The predicted molar refractivity (Wildman–Crippen MR) is 74.0 cm³/mol. The van der Waals surface area contributed by atoms with Crippen molar-refractivity contribution < 1.29 is 18.3 Å². The van der Waals surface area contributed by atoms with Gasteiger partial charge in [0.15, 0.2) is 0 Å². The first-order valence-electron chi connectivity index (χ1n) is 6.84. The molecule has 0 amide bonds. The summed E-state index contributed by atoms with van der Waals surface area (Å²) in [4.78, 5) is 0. The molecule has 0 aromatic heterocycles.